The Hall–Kier alpha value is -1.22. The van der Waals surface area contributed by atoms with Gasteiger partial charge in [-0.25, -0.2) is 0 Å². The third-order valence-corrected chi connectivity index (χ3v) is 3.33. The highest BCUT2D eigenvalue weighted by atomic mass is 16.5. The predicted molar refractivity (Wildman–Crippen MR) is 72.8 cm³/mol. The Morgan fingerprint density at radius 2 is 1.88 bits per heavy atom. The normalized spacial score (nSPS) is 17.2. The topological polar surface area (TPSA) is 24.5 Å². The van der Waals surface area contributed by atoms with Crippen molar-refractivity contribution in [3.05, 3.63) is 24.3 Å². The minimum Gasteiger partial charge on any atom is -0.382 e. The summed E-state index contributed by atoms with van der Waals surface area (Å²) < 4.78 is 5.21. The molecule has 0 amide bonds. The minimum absolute atomic E-state index is 0.244. The molecular weight excluding hydrogens is 212 g/mol. The van der Waals surface area contributed by atoms with Crippen molar-refractivity contribution in [1.29, 1.82) is 0 Å². The lowest BCUT2D eigenvalue weighted by molar-refractivity contribution is 0.129. The van der Waals surface area contributed by atoms with Gasteiger partial charge in [-0.2, -0.15) is 0 Å². The van der Waals surface area contributed by atoms with Gasteiger partial charge in [0, 0.05) is 38.1 Å². The summed E-state index contributed by atoms with van der Waals surface area (Å²) in [6, 6.07) is 8.70. The SMILES string of the molecule is COC(C)CNc1ccc(N2CCCC2)cc1. The molecule has 0 bridgehead atoms. The maximum Gasteiger partial charge on any atom is 0.0715 e. The second-order valence-electron chi connectivity index (χ2n) is 4.67. The molecule has 94 valence electrons. The number of nitrogens with one attached hydrogen (secondary N) is 1. The van der Waals surface area contributed by atoms with Crippen LogP contribution in [0.25, 0.3) is 0 Å². The molecule has 17 heavy (non-hydrogen) atoms. The molecule has 1 saturated heterocycles. The van der Waals surface area contributed by atoms with Crippen LogP contribution in [-0.4, -0.2) is 32.8 Å². The quantitative estimate of drug-likeness (QED) is 0.848. The zero-order valence-corrected chi connectivity index (χ0v) is 10.8. The molecule has 1 aliphatic rings. The van der Waals surface area contributed by atoms with E-state index in [-0.39, 0.29) is 6.10 Å². The van der Waals surface area contributed by atoms with Crippen molar-refractivity contribution >= 4 is 11.4 Å². The highest BCUT2D eigenvalue weighted by Gasteiger charge is 2.11. The first kappa shape index (κ1) is 12.2. The highest BCUT2D eigenvalue weighted by molar-refractivity contribution is 5.55. The minimum atomic E-state index is 0.244. The van der Waals surface area contributed by atoms with Gasteiger partial charge >= 0.3 is 0 Å². The molecule has 1 heterocycles. The van der Waals surface area contributed by atoms with Gasteiger partial charge in [0.25, 0.3) is 0 Å². The van der Waals surface area contributed by atoms with Crippen molar-refractivity contribution < 1.29 is 4.74 Å². The molecule has 0 spiro atoms. The molecule has 3 nitrogen and oxygen atoms in total. The van der Waals surface area contributed by atoms with E-state index in [1.807, 2.05) is 0 Å². The Labute approximate surface area is 104 Å². The Morgan fingerprint density at radius 3 is 2.47 bits per heavy atom. The van der Waals surface area contributed by atoms with Gasteiger partial charge in [-0.1, -0.05) is 0 Å². The van der Waals surface area contributed by atoms with E-state index in [0.717, 1.165) is 12.2 Å². The van der Waals surface area contributed by atoms with Crippen LogP contribution < -0.4 is 10.2 Å². The lowest BCUT2D eigenvalue weighted by Crippen LogP contribution is -2.19. The van der Waals surface area contributed by atoms with E-state index in [0.29, 0.717) is 0 Å². The number of benzene rings is 1. The molecule has 0 aromatic heterocycles. The standard InChI is InChI=1S/C14H22N2O/c1-12(17-2)11-15-13-5-7-14(8-6-13)16-9-3-4-10-16/h5-8,12,15H,3-4,9-11H2,1-2H3. The number of nitrogens with zero attached hydrogens (tertiary/aromatic N) is 1. The molecule has 1 aromatic rings. The van der Waals surface area contributed by atoms with E-state index >= 15 is 0 Å². The van der Waals surface area contributed by atoms with Gasteiger partial charge in [-0.3, -0.25) is 0 Å². The van der Waals surface area contributed by atoms with Gasteiger partial charge in [-0.05, 0) is 44.0 Å². The maximum atomic E-state index is 5.21. The lowest BCUT2D eigenvalue weighted by atomic mass is 10.2. The Bertz CT molecular complexity index is 331. The molecule has 2 rings (SSSR count). The van der Waals surface area contributed by atoms with E-state index in [1.165, 1.54) is 31.6 Å². The lowest BCUT2D eigenvalue weighted by Gasteiger charge is -2.18. The predicted octanol–water partition coefficient (Wildman–Crippen LogP) is 2.73. The van der Waals surface area contributed by atoms with Crippen molar-refractivity contribution in [1.82, 2.24) is 0 Å². The Kier molecular flexibility index (Phi) is 4.26. The van der Waals surface area contributed by atoms with Crippen LogP contribution in [0.4, 0.5) is 11.4 Å². The second kappa shape index (κ2) is 5.92. The van der Waals surface area contributed by atoms with Gasteiger partial charge in [0.1, 0.15) is 0 Å². The Morgan fingerprint density at radius 1 is 1.24 bits per heavy atom. The molecule has 0 saturated carbocycles. The third-order valence-electron chi connectivity index (χ3n) is 3.33. The van der Waals surface area contributed by atoms with Crippen LogP contribution in [0.3, 0.4) is 0 Å². The summed E-state index contributed by atoms with van der Waals surface area (Å²) in [5.41, 5.74) is 2.50. The average Bonchev–Trinajstić information content (AvgIpc) is 2.90. The van der Waals surface area contributed by atoms with Crippen molar-refractivity contribution in [2.45, 2.75) is 25.9 Å². The summed E-state index contributed by atoms with van der Waals surface area (Å²) in [6.45, 7) is 5.31. The number of rotatable bonds is 5. The van der Waals surface area contributed by atoms with Crippen LogP contribution in [0.1, 0.15) is 19.8 Å². The van der Waals surface area contributed by atoms with Crippen LogP contribution >= 0.6 is 0 Å². The number of ether oxygens (including phenoxy) is 1. The summed E-state index contributed by atoms with van der Waals surface area (Å²) >= 11 is 0. The molecule has 1 atom stereocenters. The fourth-order valence-electron chi connectivity index (χ4n) is 2.11. The zero-order chi connectivity index (χ0) is 12.1. The molecule has 1 unspecified atom stereocenters. The summed E-state index contributed by atoms with van der Waals surface area (Å²) in [5, 5.41) is 3.37. The van der Waals surface area contributed by atoms with Gasteiger partial charge in [0.05, 0.1) is 6.10 Å². The summed E-state index contributed by atoms with van der Waals surface area (Å²) in [4.78, 5) is 2.45. The van der Waals surface area contributed by atoms with Crippen LogP contribution in [0.15, 0.2) is 24.3 Å². The summed E-state index contributed by atoms with van der Waals surface area (Å²) in [5.74, 6) is 0. The molecule has 3 heteroatoms. The van der Waals surface area contributed by atoms with E-state index in [1.54, 1.807) is 7.11 Å². The molecule has 0 radical (unpaired) electrons. The van der Waals surface area contributed by atoms with Gasteiger partial charge < -0.3 is 15.0 Å². The Balaban J connectivity index is 1.88. The molecule has 1 fully saturated rings. The van der Waals surface area contributed by atoms with Gasteiger partial charge in [0.15, 0.2) is 0 Å². The molecule has 1 aliphatic heterocycles. The molecule has 1 N–H and O–H groups in total. The van der Waals surface area contributed by atoms with Crippen LogP contribution in [0, 0.1) is 0 Å². The molecule has 0 aliphatic carbocycles. The van der Waals surface area contributed by atoms with E-state index in [4.69, 9.17) is 4.74 Å². The zero-order valence-electron chi connectivity index (χ0n) is 10.8. The smallest absolute Gasteiger partial charge is 0.0715 e. The van der Waals surface area contributed by atoms with Crippen LogP contribution in [0.5, 0.6) is 0 Å². The fourth-order valence-corrected chi connectivity index (χ4v) is 2.11. The van der Waals surface area contributed by atoms with Gasteiger partial charge in [0.2, 0.25) is 0 Å². The summed E-state index contributed by atoms with van der Waals surface area (Å²) in [6.07, 6.45) is 2.89. The monoisotopic (exact) mass is 234 g/mol. The average molecular weight is 234 g/mol. The number of hydrogen-bond donors (Lipinski definition) is 1. The van der Waals surface area contributed by atoms with E-state index in [2.05, 4.69) is 41.4 Å². The van der Waals surface area contributed by atoms with Crippen LogP contribution in [0.2, 0.25) is 0 Å². The summed E-state index contributed by atoms with van der Waals surface area (Å²) in [7, 11) is 1.74. The number of anilines is 2. The van der Waals surface area contributed by atoms with Crippen LogP contribution in [-0.2, 0) is 4.74 Å². The largest absolute Gasteiger partial charge is 0.382 e. The van der Waals surface area contributed by atoms with Crippen molar-refractivity contribution in [3.63, 3.8) is 0 Å². The van der Waals surface area contributed by atoms with Gasteiger partial charge in [-0.15, -0.1) is 0 Å². The highest BCUT2D eigenvalue weighted by Crippen LogP contribution is 2.21. The van der Waals surface area contributed by atoms with E-state index < -0.39 is 0 Å². The second-order valence-corrected chi connectivity index (χ2v) is 4.67. The first-order chi connectivity index (χ1) is 8.29. The maximum absolute atomic E-state index is 5.21. The van der Waals surface area contributed by atoms with Crippen molar-refractivity contribution in [2.75, 3.05) is 37.0 Å². The number of methoxy groups -OCH3 is 1. The first-order valence-electron chi connectivity index (χ1n) is 6.41. The third kappa shape index (κ3) is 3.37. The van der Waals surface area contributed by atoms with E-state index in [9.17, 15) is 0 Å². The first-order valence-corrected chi connectivity index (χ1v) is 6.41. The van der Waals surface area contributed by atoms with Crippen molar-refractivity contribution in [3.8, 4) is 0 Å². The molecular formula is C14H22N2O. The van der Waals surface area contributed by atoms with Crippen molar-refractivity contribution in [2.24, 2.45) is 0 Å². The molecule has 1 aromatic carbocycles. The number of hydrogen-bond acceptors (Lipinski definition) is 3. The fraction of sp³-hybridized carbons (Fsp3) is 0.571.